The number of carboxylic acid groups (broad SMARTS) is 1. The Morgan fingerprint density at radius 1 is 1.36 bits per heavy atom. The summed E-state index contributed by atoms with van der Waals surface area (Å²) in [6.07, 6.45) is 0.756. The van der Waals surface area contributed by atoms with Gasteiger partial charge in [-0.15, -0.1) is 0 Å². The van der Waals surface area contributed by atoms with Crippen LogP contribution < -0.4 is 0 Å². The smallest absolute Gasteiger partial charge is 0.303 e. The molecule has 2 nitrogen and oxygen atoms in total. The Balaban J connectivity index is 2.82. The van der Waals surface area contributed by atoms with E-state index in [2.05, 4.69) is 31.9 Å². The van der Waals surface area contributed by atoms with Gasteiger partial charge in [0.05, 0.1) is 0 Å². The van der Waals surface area contributed by atoms with E-state index < -0.39 is 5.97 Å². The highest BCUT2D eigenvalue weighted by Crippen LogP contribution is 2.20. The van der Waals surface area contributed by atoms with E-state index in [0.717, 1.165) is 20.9 Å². The third-order valence-corrected chi connectivity index (χ3v) is 3.02. The van der Waals surface area contributed by atoms with Crippen LogP contribution in [-0.2, 0) is 16.5 Å². The summed E-state index contributed by atoms with van der Waals surface area (Å²) in [5, 5.41) is 9.34. The SMILES string of the molecule is O=C(O)CCc1cc(Br)ccc1CBr. The molecule has 0 atom stereocenters. The Labute approximate surface area is 99.6 Å². The summed E-state index contributed by atoms with van der Waals surface area (Å²) >= 11 is 6.75. The molecule has 0 unspecified atom stereocenters. The van der Waals surface area contributed by atoms with E-state index in [1.165, 1.54) is 0 Å². The van der Waals surface area contributed by atoms with E-state index in [1.54, 1.807) is 0 Å². The number of halogens is 2. The lowest BCUT2D eigenvalue weighted by atomic mass is 10.0. The standard InChI is InChI=1S/C10H10Br2O2/c11-6-8-1-3-9(12)5-7(8)2-4-10(13)14/h1,3,5H,2,4,6H2,(H,13,14). The van der Waals surface area contributed by atoms with Crippen molar-refractivity contribution in [2.75, 3.05) is 0 Å². The molecule has 14 heavy (non-hydrogen) atoms. The van der Waals surface area contributed by atoms with Gasteiger partial charge in [0, 0.05) is 16.2 Å². The zero-order chi connectivity index (χ0) is 10.6. The molecule has 4 heteroatoms. The van der Waals surface area contributed by atoms with Gasteiger partial charge in [0.25, 0.3) is 0 Å². The number of benzene rings is 1. The molecule has 0 aliphatic carbocycles. The Morgan fingerprint density at radius 2 is 2.07 bits per heavy atom. The number of aryl methyl sites for hydroxylation is 1. The van der Waals surface area contributed by atoms with Gasteiger partial charge in [-0.2, -0.15) is 0 Å². The van der Waals surface area contributed by atoms with Crippen LogP contribution in [0.3, 0.4) is 0 Å². The Bertz CT molecular complexity index is 337. The van der Waals surface area contributed by atoms with Crippen molar-refractivity contribution in [2.24, 2.45) is 0 Å². The molecule has 76 valence electrons. The van der Waals surface area contributed by atoms with Crippen LogP contribution in [0.25, 0.3) is 0 Å². The topological polar surface area (TPSA) is 37.3 Å². The summed E-state index contributed by atoms with van der Waals surface area (Å²) in [6, 6.07) is 5.93. The zero-order valence-electron chi connectivity index (χ0n) is 7.46. The molecular formula is C10H10Br2O2. The molecule has 0 radical (unpaired) electrons. The van der Waals surface area contributed by atoms with E-state index in [9.17, 15) is 4.79 Å². The van der Waals surface area contributed by atoms with Gasteiger partial charge in [-0.25, -0.2) is 0 Å². The zero-order valence-corrected chi connectivity index (χ0v) is 10.6. The molecule has 0 amide bonds. The van der Waals surface area contributed by atoms with Crippen LogP contribution >= 0.6 is 31.9 Å². The molecule has 1 aromatic carbocycles. The van der Waals surface area contributed by atoms with E-state index in [1.807, 2.05) is 18.2 Å². The van der Waals surface area contributed by atoms with Crippen LogP contribution in [0.15, 0.2) is 22.7 Å². The van der Waals surface area contributed by atoms with Crippen LogP contribution in [0, 0.1) is 0 Å². The lowest BCUT2D eigenvalue weighted by Gasteiger charge is -2.06. The predicted molar refractivity (Wildman–Crippen MR) is 62.7 cm³/mol. The van der Waals surface area contributed by atoms with E-state index in [-0.39, 0.29) is 6.42 Å². The molecule has 1 aromatic rings. The molecule has 0 saturated heterocycles. The van der Waals surface area contributed by atoms with Crippen molar-refractivity contribution in [1.82, 2.24) is 0 Å². The molecule has 0 bridgehead atoms. The van der Waals surface area contributed by atoms with Crippen molar-refractivity contribution in [2.45, 2.75) is 18.2 Å². The number of carboxylic acids is 1. The normalized spacial score (nSPS) is 10.1. The molecule has 0 aliphatic heterocycles. The van der Waals surface area contributed by atoms with Gasteiger partial charge in [0.15, 0.2) is 0 Å². The van der Waals surface area contributed by atoms with Crippen LogP contribution in [0.1, 0.15) is 17.5 Å². The van der Waals surface area contributed by atoms with Crippen LogP contribution in [0.2, 0.25) is 0 Å². The third-order valence-electron chi connectivity index (χ3n) is 1.92. The van der Waals surface area contributed by atoms with E-state index in [0.29, 0.717) is 6.42 Å². The maximum absolute atomic E-state index is 10.4. The van der Waals surface area contributed by atoms with Gasteiger partial charge in [-0.1, -0.05) is 37.9 Å². The number of alkyl halides is 1. The van der Waals surface area contributed by atoms with Crippen LogP contribution in [0.5, 0.6) is 0 Å². The number of hydrogen-bond acceptors (Lipinski definition) is 1. The van der Waals surface area contributed by atoms with Crippen molar-refractivity contribution >= 4 is 37.8 Å². The Morgan fingerprint density at radius 3 is 2.64 bits per heavy atom. The number of rotatable bonds is 4. The molecule has 0 aromatic heterocycles. The quantitative estimate of drug-likeness (QED) is 0.863. The predicted octanol–water partition coefficient (Wildman–Crippen LogP) is 3.36. The van der Waals surface area contributed by atoms with Crippen molar-refractivity contribution < 1.29 is 9.90 Å². The minimum atomic E-state index is -0.759. The molecule has 0 fully saturated rings. The highest BCUT2D eigenvalue weighted by atomic mass is 79.9. The Hall–Kier alpha value is -0.350. The van der Waals surface area contributed by atoms with Crippen molar-refractivity contribution in [3.63, 3.8) is 0 Å². The average Bonchev–Trinajstić information content (AvgIpc) is 2.15. The molecule has 1 rings (SSSR count). The minimum Gasteiger partial charge on any atom is -0.481 e. The number of aliphatic carboxylic acids is 1. The van der Waals surface area contributed by atoms with Crippen molar-refractivity contribution in [1.29, 1.82) is 0 Å². The highest BCUT2D eigenvalue weighted by Gasteiger charge is 2.04. The lowest BCUT2D eigenvalue weighted by molar-refractivity contribution is -0.136. The minimum absolute atomic E-state index is 0.177. The molecular weight excluding hydrogens is 312 g/mol. The first-order valence-electron chi connectivity index (χ1n) is 4.18. The van der Waals surface area contributed by atoms with Gasteiger partial charge >= 0.3 is 5.97 Å². The summed E-state index contributed by atoms with van der Waals surface area (Å²) in [5.74, 6) is -0.759. The Kier molecular flexibility index (Phi) is 4.62. The van der Waals surface area contributed by atoms with Gasteiger partial charge in [0.1, 0.15) is 0 Å². The number of carbonyl (C=O) groups is 1. The summed E-state index contributed by atoms with van der Waals surface area (Å²) in [4.78, 5) is 10.4. The summed E-state index contributed by atoms with van der Waals surface area (Å²) in [5.41, 5.74) is 2.23. The molecule has 1 N–H and O–H groups in total. The number of hydrogen-bond donors (Lipinski definition) is 1. The summed E-state index contributed by atoms with van der Waals surface area (Å²) < 4.78 is 0.989. The molecule has 0 spiro atoms. The fourth-order valence-electron chi connectivity index (χ4n) is 1.20. The molecule has 0 aliphatic rings. The summed E-state index contributed by atoms with van der Waals surface area (Å²) in [6.45, 7) is 0. The van der Waals surface area contributed by atoms with Gasteiger partial charge in [-0.3, -0.25) is 4.79 Å². The van der Waals surface area contributed by atoms with Gasteiger partial charge in [-0.05, 0) is 29.7 Å². The fraction of sp³-hybridized carbons (Fsp3) is 0.300. The van der Waals surface area contributed by atoms with E-state index in [4.69, 9.17) is 5.11 Å². The van der Waals surface area contributed by atoms with Crippen molar-refractivity contribution in [3.05, 3.63) is 33.8 Å². The third kappa shape index (κ3) is 3.42. The van der Waals surface area contributed by atoms with Gasteiger partial charge < -0.3 is 5.11 Å². The first kappa shape index (κ1) is 11.7. The second-order valence-corrected chi connectivity index (χ2v) is 4.42. The first-order valence-corrected chi connectivity index (χ1v) is 6.10. The average molecular weight is 322 g/mol. The largest absolute Gasteiger partial charge is 0.481 e. The van der Waals surface area contributed by atoms with Crippen LogP contribution in [-0.4, -0.2) is 11.1 Å². The lowest BCUT2D eigenvalue weighted by Crippen LogP contribution is -1.99. The highest BCUT2D eigenvalue weighted by molar-refractivity contribution is 9.10. The summed E-state index contributed by atoms with van der Waals surface area (Å²) in [7, 11) is 0. The van der Waals surface area contributed by atoms with Crippen LogP contribution in [0.4, 0.5) is 0 Å². The monoisotopic (exact) mass is 320 g/mol. The molecule has 0 saturated carbocycles. The van der Waals surface area contributed by atoms with E-state index >= 15 is 0 Å². The van der Waals surface area contributed by atoms with Crippen molar-refractivity contribution in [3.8, 4) is 0 Å². The van der Waals surface area contributed by atoms with Gasteiger partial charge in [0.2, 0.25) is 0 Å². The second-order valence-electron chi connectivity index (χ2n) is 2.94. The first-order chi connectivity index (χ1) is 6.63. The molecule has 0 heterocycles. The fourth-order valence-corrected chi connectivity index (χ4v) is 2.15. The maximum atomic E-state index is 10.4. The second kappa shape index (κ2) is 5.51. The maximum Gasteiger partial charge on any atom is 0.303 e.